The maximum absolute atomic E-state index is 13.6. The zero-order valence-corrected chi connectivity index (χ0v) is 18.4. The molecule has 1 aliphatic carbocycles. The highest BCUT2D eigenvalue weighted by Gasteiger charge is 2.42. The molecule has 2 aliphatic heterocycles. The van der Waals surface area contributed by atoms with Gasteiger partial charge in [0.25, 0.3) is 11.8 Å². The van der Waals surface area contributed by atoms with E-state index in [0.717, 1.165) is 43.2 Å². The Morgan fingerprint density at radius 1 is 0.970 bits per heavy atom. The quantitative estimate of drug-likeness (QED) is 0.707. The summed E-state index contributed by atoms with van der Waals surface area (Å²) >= 11 is 0. The Labute approximate surface area is 192 Å². The second kappa shape index (κ2) is 8.46. The topological polar surface area (TPSA) is 95.6 Å². The predicted molar refractivity (Wildman–Crippen MR) is 121 cm³/mol. The number of rotatable bonds is 4. The second-order valence-corrected chi connectivity index (χ2v) is 9.20. The standard InChI is InChI=1S/C26H27N3O4/c30-21-13-12-20(24(32)27-21)29-16-17-8-7-11-19(22(17)25(29)33)23(31)28-26(14-5-2-6-15-26)18-9-3-1-4-10-18/h1,3-4,7-11,20H,2,5-6,12-16H2,(H,28,31)(H,27,30,32). The minimum Gasteiger partial charge on any atom is -0.343 e. The molecule has 2 fully saturated rings. The number of nitrogens with one attached hydrogen (secondary N) is 2. The number of fused-ring (bicyclic) bond motifs is 1. The van der Waals surface area contributed by atoms with E-state index >= 15 is 0 Å². The van der Waals surface area contributed by atoms with E-state index in [4.69, 9.17) is 0 Å². The number of benzene rings is 2. The van der Waals surface area contributed by atoms with E-state index < -0.39 is 17.5 Å². The van der Waals surface area contributed by atoms with Crippen molar-refractivity contribution < 1.29 is 19.2 Å². The van der Waals surface area contributed by atoms with Gasteiger partial charge in [0.2, 0.25) is 11.8 Å². The van der Waals surface area contributed by atoms with Crippen LogP contribution in [0.4, 0.5) is 0 Å². The monoisotopic (exact) mass is 445 g/mol. The fourth-order valence-electron chi connectivity index (χ4n) is 5.49. The number of carbonyl (C=O) groups is 4. The van der Waals surface area contributed by atoms with Crippen molar-refractivity contribution in [2.75, 3.05) is 0 Å². The SMILES string of the molecule is O=C1CCC(N2Cc3cccc(C(=O)NC4(c5ccccc5)CCCCC4)c3C2=O)C(=O)N1. The lowest BCUT2D eigenvalue weighted by atomic mass is 9.76. The molecule has 33 heavy (non-hydrogen) atoms. The van der Waals surface area contributed by atoms with Crippen molar-refractivity contribution >= 4 is 23.6 Å². The van der Waals surface area contributed by atoms with Gasteiger partial charge < -0.3 is 10.2 Å². The van der Waals surface area contributed by atoms with Crippen LogP contribution in [0.3, 0.4) is 0 Å². The summed E-state index contributed by atoms with van der Waals surface area (Å²) in [4.78, 5) is 52.3. The Bertz CT molecular complexity index is 1120. The second-order valence-electron chi connectivity index (χ2n) is 9.20. The maximum atomic E-state index is 13.6. The molecule has 7 heteroatoms. The van der Waals surface area contributed by atoms with Crippen LogP contribution in [0.1, 0.15) is 76.8 Å². The van der Waals surface area contributed by atoms with Gasteiger partial charge in [-0.05, 0) is 36.5 Å². The molecule has 4 amide bonds. The van der Waals surface area contributed by atoms with Gasteiger partial charge in [0, 0.05) is 13.0 Å². The fraction of sp³-hybridized carbons (Fsp3) is 0.385. The molecular weight excluding hydrogens is 418 g/mol. The fourth-order valence-corrected chi connectivity index (χ4v) is 5.49. The summed E-state index contributed by atoms with van der Waals surface area (Å²) in [6.07, 6.45) is 5.41. The van der Waals surface area contributed by atoms with Crippen LogP contribution in [-0.4, -0.2) is 34.6 Å². The van der Waals surface area contributed by atoms with Crippen molar-refractivity contribution in [1.29, 1.82) is 0 Å². The van der Waals surface area contributed by atoms with Crippen molar-refractivity contribution in [3.63, 3.8) is 0 Å². The molecule has 7 nitrogen and oxygen atoms in total. The van der Waals surface area contributed by atoms with Gasteiger partial charge in [0.1, 0.15) is 6.04 Å². The Morgan fingerprint density at radius 3 is 2.45 bits per heavy atom. The van der Waals surface area contributed by atoms with E-state index in [9.17, 15) is 19.2 Å². The van der Waals surface area contributed by atoms with E-state index in [0.29, 0.717) is 17.5 Å². The minimum absolute atomic E-state index is 0.198. The molecular formula is C26H27N3O4. The third-order valence-corrected chi connectivity index (χ3v) is 7.18. The molecule has 1 saturated carbocycles. The van der Waals surface area contributed by atoms with Crippen molar-refractivity contribution in [3.8, 4) is 0 Å². The summed E-state index contributed by atoms with van der Waals surface area (Å²) in [5, 5.41) is 5.61. The van der Waals surface area contributed by atoms with Gasteiger partial charge >= 0.3 is 0 Å². The average molecular weight is 446 g/mol. The van der Waals surface area contributed by atoms with Crippen molar-refractivity contribution in [2.45, 2.75) is 63.1 Å². The van der Waals surface area contributed by atoms with Gasteiger partial charge in [-0.25, -0.2) is 0 Å². The highest BCUT2D eigenvalue weighted by molar-refractivity contribution is 6.11. The molecule has 0 aromatic heterocycles. The summed E-state index contributed by atoms with van der Waals surface area (Å²) in [6.45, 7) is 0.255. The highest BCUT2D eigenvalue weighted by atomic mass is 16.2. The third kappa shape index (κ3) is 3.81. The Hall–Kier alpha value is -3.48. The van der Waals surface area contributed by atoms with Gasteiger partial charge in [0.05, 0.1) is 16.7 Å². The van der Waals surface area contributed by atoms with Crippen LogP contribution >= 0.6 is 0 Å². The number of amides is 4. The summed E-state index contributed by atoms with van der Waals surface area (Å²) in [7, 11) is 0. The van der Waals surface area contributed by atoms with Crippen LogP contribution in [0.2, 0.25) is 0 Å². The number of hydrogen-bond acceptors (Lipinski definition) is 4. The normalized spacial score (nSPS) is 22.0. The van der Waals surface area contributed by atoms with Crippen LogP contribution in [0.5, 0.6) is 0 Å². The molecule has 1 unspecified atom stereocenters. The molecule has 170 valence electrons. The van der Waals surface area contributed by atoms with Crippen molar-refractivity contribution in [2.24, 2.45) is 0 Å². The highest BCUT2D eigenvalue weighted by Crippen LogP contribution is 2.38. The van der Waals surface area contributed by atoms with Gasteiger partial charge in [-0.15, -0.1) is 0 Å². The van der Waals surface area contributed by atoms with E-state index in [1.807, 2.05) is 24.3 Å². The molecule has 0 bridgehead atoms. The number of carbonyl (C=O) groups excluding carboxylic acids is 4. The van der Waals surface area contributed by atoms with Gasteiger partial charge in [0.15, 0.2) is 0 Å². The zero-order valence-electron chi connectivity index (χ0n) is 18.4. The van der Waals surface area contributed by atoms with E-state index in [1.165, 1.54) is 4.90 Å². The van der Waals surface area contributed by atoms with Crippen molar-refractivity contribution in [1.82, 2.24) is 15.5 Å². The molecule has 1 saturated heterocycles. The lowest BCUT2D eigenvalue weighted by molar-refractivity contribution is -0.136. The van der Waals surface area contributed by atoms with Gasteiger partial charge in [-0.3, -0.25) is 24.5 Å². The van der Waals surface area contributed by atoms with Crippen LogP contribution in [-0.2, 0) is 21.7 Å². The zero-order chi connectivity index (χ0) is 23.0. The maximum Gasteiger partial charge on any atom is 0.256 e. The van der Waals surface area contributed by atoms with Crippen LogP contribution in [0, 0.1) is 0 Å². The van der Waals surface area contributed by atoms with Gasteiger partial charge in [-0.1, -0.05) is 61.7 Å². The Kier molecular flexibility index (Phi) is 5.48. The third-order valence-electron chi connectivity index (χ3n) is 7.18. The lowest BCUT2D eigenvalue weighted by Gasteiger charge is -2.39. The minimum atomic E-state index is -0.701. The first-order valence-corrected chi connectivity index (χ1v) is 11.6. The molecule has 2 heterocycles. The molecule has 5 rings (SSSR count). The van der Waals surface area contributed by atoms with Gasteiger partial charge in [-0.2, -0.15) is 0 Å². The van der Waals surface area contributed by atoms with Crippen molar-refractivity contribution in [3.05, 3.63) is 70.8 Å². The largest absolute Gasteiger partial charge is 0.343 e. The summed E-state index contributed by atoms with van der Waals surface area (Å²) in [5.41, 5.74) is 2.06. The first-order chi connectivity index (χ1) is 16.0. The smallest absolute Gasteiger partial charge is 0.256 e. The summed E-state index contributed by atoms with van der Waals surface area (Å²) in [5.74, 6) is -1.37. The lowest BCUT2D eigenvalue weighted by Crippen LogP contribution is -2.52. The Morgan fingerprint density at radius 2 is 1.73 bits per heavy atom. The molecule has 3 aliphatic rings. The number of hydrogen-bond donors (Lipinski definition) is 2. The summed E-state index contributed by atoms with van der Waals surface area (Å²) < 4.78 is 0. The molecule has 0 radical (unpaired) electrons. The van der Waals surface area contributed by atoms with E-state index in [2.05, 4.69) is 22.8 Å². The number of imide groups is 1. The summed E-state index contributed by atoms with van der Waals surface area (Å²) in [6, 6.07) is 14.6. The molecule has 2 N–H and O–H groups in total. The van der Waals surface area contributed by atoms with E-state index in [1.54, 1.807) is 12.1 Å². The number of piperidine rings is 1. The number of nitrogens with zero attached hydrogens (tertiary/aromatic N) is 1. The van der Waals surface area contributed by atoms with Crippen LogP contribution in [0.25, 0.3) is 0 Å². The first-order valence-electron chi connectivity index (χ1n) is 11.6. The first kappa shape index (κ1) is 21.4. The van der Waals surface area contributed by atoms with Crippen LogP contribution in [0.15, 0.2) is 48.5 Å². The molecule has 1 atom stereocenters. The van der Waals surface area contributed by atoms with Crippen LogP contribution < -0.4 is 10.6 Å². The molecule has 0 spiro atoms. The molecule has 2 aromatic rings. The van der Waals surface area contributed by atoms with E-state index in [-0.39, 0.29) is 30.7 Å². The Balaban J connectivity index is 1.44. The predicted octanol–water partition coefficient (Wildman–Crippen LogP) is 3.04. The molecule has 2 aromatic carbocycles. The average Bonchev–Trinajstić information content (AvgIpc) is 3.16.